The Bertz CT molecular complexity index is 326. The first kappa shape index (κ1) is 14.3. The van der Waals surface area contributed by atoms with E-state index < -0.39 is 23.8 Å². The van der Waals surface area contributed by atoms with Gasteiger partial charge in [-0.1, -0.05) is 6.58 Å². The molecule has 1 atom stereocenters. The SMILES string of the molecule is C=C(C)C(=O)N1C(=O)CC[C@H]1C(=O)[O-].[Na+]. The van der Waals surface area contributed by atoms with Crippen molar-refractivity contribution in [3.05, 3.63) is 12.2 Å². The van der Waals surface area contributed by atoms with Crippen LogP contribution in [0.1, 0.15) is 19.8 Å². The summed E-state index contributed by atoms with van der Waals surface area (Å²) in [7, 11) is 0. The second-order valence-electron chi connectivity index (χ2n) is 3.22. The molecule has 6 heteroatoms. The van der Waals surface area contributed by atoms with E-state index in [1.54, 1.807) is 0 Å². The third-order valence-corrected chi connectivity index (χ3v) is 2.07. The molecule has 15 heavy (non-hydrogen) atoms. The number of amides is 2. The summed E-state index contributed by atoms with van der Waals surface area (Å²) >= 11 is 0. The molecule has 1 saturated heterocycles. The van der Waals surface area contributed by atoms with Crippen LogP contribution in [0.3, 0.4) is 0 Å². The van der Waals surface area contributed by atoms with Crippen LogP contribution in [0.5, 0.6) is 0 Å². The third-order valence-electron chi connectivity index (χ3n) is 2.07. The van der Waals surface area contributed by atoms with Gasteiger partial charge in [0.15, 0.2) is 0 Å². The number of rotatable bonds is 2. The van der Waals surface area contributed by atoms with E-state index in [1.807, 2.05) is 0 Å². The van der Waals surface area contributed by atoms with Crippen LogP contribution in [0, 0.1) is 0 Å². The molecule has 0 radical (unpaired) electrons. The average Bonchev–Trinajstić information content (AvgIpc) is 2.45. The van der Waals surface area contributed by atoms with Crippen LogP contribution < -0.4 is 34.7 Å². The molecule has 0 saturated carbocycles. The predicted molar refractivity (Wildman–Crippen MR) is 44.7 cm³/mol. The Balaban J connectivity index is 0.00000196. The number of hydrogen-bond acceptors (Lipinski definition) is 4. The monoisotopic (exact) mass is 219 g/mol. The Labute approximate surface area is 109 Å². The molecule has 5 nitrogen and oxygen atoms in total. The van der Waals surface area contributed by atoms with E-state index >= 15 is 0 Å². The van der Waals surface area contributed by atoms with E-state index in [4.69, 9.17) is 0 Å². The fraction of sp³-hybridized carbons (Fsp3) is 0.444. The van der Waals surface area contributed by atoms with Gasteiger partial charge >= 0.3 is 29.6 Å². The zero-order valence-electron chi connectivity index (χ0n) is 8.78. The third kappa shape index (κ3) is 2.90. The van der Waals surface area contributed by atoms with Gasteiger partial charge in [-0.15, -0.1) is 0 Å². The summed E-state index contributed by atoms with van der Waals surface area (Å²) in [6, 6.07) is -1.13. The van der Waals surface area contributed by atoms with Crippen LogP contribution in [0.4, 0.5) is 0 Å². The summed E-state index contributed by atoms with van der Waals surface area (Å²) in [6.45, 7) is 4.80. The maximum Gasteiger partial charge on any atom is 1.00 e. The number of carbonyl (C=O) groups is 3. The average molecular weight is 219 g/mol. The van der Waals surface area contributed by atoms with E-state index in [-0.39, 0.29) is 48.0 Å². The predicted octanol–water partition coefficient (Wildman–Crippen LogP) is -4.17. The normalized spacial score (nSPS) is 19.7. The molecule has 1 rings (SSSR count). The first-order valence-electron chi connectivity index (χ1n) is 4.18. The quantitative estimate of drug-likeness (QED) is 0.349. The van der Waals surface area contributed by atoms with Crippen LogP contribution in [0.2, 0.25) is 0 Å². The van der Waals surface area contributed by atoms with Crippen molar-refractivity contribution in [2.45, 2.75) is 25.8 Å². The van der Waals surface area contributed by atoms with Gasteiger partial charge < -0.3 is 9.90 Å². The van der Waals surface area contributed by atoms with Gasteiger partial charge in [0.25, 0.3) is 5.91 Å². The number of imide groups is 1. The van der Waals surface area contributed by atoms with Crippen molar-refractivity contribution in [3.8, 4) is 0 Å². The molecule has 0 bridgehead atoms. The van der Waals surface area contributed by atoms with E-state index in [9.17, 15) is 19.5 Å². The maximum absolute atomic E-state index is 11.4. The number of aliphatic carboxylic acids is 1. The van der Waals surface area contributed by atoms with Gasteiger partial charge in [0, 0.05) is 12.0 Å². The molecule has 1 aliphatic heterocycles. The number of nitrogens with zero attached hydrogens (tertiary/aromatic N) is 1. The topological polar surface area (TPSA) is 77.5 Å². The smallest absolute Gasteiger partial charge is 0.548 e. The van der Waals surface area contributed by atoms with Gasteiger partial charge in [0.2, 0.25) is 5.91 Å². The van der Waals surface area contributed by atoms with Crippen molar-refractivity contribution in [1.82, 2.24) is 4.90 Å². The Morgan fingerprint density at radius 1 is 1.53 bits per heavy atom. The Kier molecular flexibility index (Phi) is 5.20. The summed E-state index contributed by atoms with van der Waals surface area (Å²) in [5.74, 6) is -2.51. The summed E-state index contributed by atoms with van der Waals surface area (Å²) in [4.78, 5) is 33.9. The van der Waals surface area contributed by atoms with Crippen molar-refractivity contribution < 1.29 is 49.0 Å². The maximum atomic E-state index is 11.4. The number of carboxylic acids is 1. The van der Waals surface area contributed by atoms with Crippen LogP contribution in [-0.4, -0.2) is 28.7 Å². The van der Waals surface area contributed by atoms with Gasteiger partial charge in [-0.25, -0.2) is 0 Å². The van der Waals surface area contributed by atoms with E-state index in [0.29, 0.717) is 0 Å². The molecule has 0 N–H and O–H groups in total. The molecule has 0 aliphatic carbocycles. The molecular formula is C9H10NNaO4. The van der Waals surface area contributed by atoms with Gasteiger partial charge in [0.1, 0.15) is 0 Å². The standard InChI is InChI=1S/C9H11NO4.Na/c1-5(2)8(12)10-6(9(13)14)3-4-7(10)11;/h6H,1,3-4H2,2H3,(H,13,14);/q;+1/p-1/t6-;/m0./s1. The van der Waals surface area contributed by atoms with Crippen molar-refractivity contribution >= 4 is 17.8 Å². The minimum absolute atomic E-state index is 0. The number of likely N-dealkylation sites (tertiary alicyclic amines) is 1. The van der Waals surface area contributed by atoms with Crippen molar-refractivity contribution in [3.63, 3.8) is 0 Å². The molecule has 0 spiro atoms. The van der Waals surface area contributed by atoms with Crippen LogP contribution in [0.25, 0.3) is 0 Å². The van der Waals surface area contributed by atoms with Gasteiger partial charge in [-0.3, -0.25) is 14.5 Å². The van der Waals surface area contributed by atoms with Crippen molar-refractivity contribution in [1.29, 1.82) is 0 Å². The first-order chi connectivity index (χ1) is 6.45. The fourth-order valence-electron chi connectivity index (χ4n) is 1.37. The Morgan fingerprint density at radius 3 is 2.47 bits per heavy atom. The summed E-state index contributed by atoms with van der Waals surface area (Å²) < 4.78 is 0. The van der Waals surface area contributed by atoms with Gasteiger partial charge in [-0.2, -0.15) is 0 Å². The molecule has 1 heterocycles. The number of carboxylic acid groups (broad SMARTS) is 1. The van der Waals surface area contributed by atoms with Gasteiger partial charge in [0.05, 0.1) is 12.0 Å². The Morgan fingerprint density at radius 2 is 2.07 bits per heavy atom. The minimum Gasteiger partial charge on any atom is -0.548 e. The first-order valence-corrected chi connectivity index (χ1v) is 4.18. The second kappa shape index (κ2) is 5.44. The molecule has 76 valence electrons. The zero-order chi connectivity index (χ0) is 10.9. The van der Waals surface area contributed by atoms with E-state index in [2.05, 4.69) is 6.58 Å². The molecule has 2 amide bonds. The Hall–Kier alpha value is -0.650. The summed E-state index contributed by atoms with van der Waals surface area (Å²) in [5.41, 5.74) is 0.145. The molecule has 0 aromatic rings. The summed E-state index contributed by atoms with van der Waals surface area (Å²) in [5, 5.41) is 10.6. The van der Waals surface area contributed by atoms with E-state index in [1.165, 1.54) is 6.92 Å². The fourth-order valence-corrected chi connectivity index (χ4v) is 1.37. The molecule has 0 aromatic carbocycles. The molecule has 1 aliphatic rings. The molecule has 1 fully saturated rings. The number of hydrogen-bond donors (Lipinski definition) is 0. The van der Waals surface area contributed by atoms with Gasteiger partial charge in [-0.05, 0) is 13.3 Å². The second-order valence-corrected chi connectivity index (χ2v) is 3.22. The van der Waals surface area contributed by atoms with Crippen molar-refractivity contribution in [2.75, 3.05) is 0 Å². The largest absolute Gasteiger partial charge is 1.00 e. The number of carbonyl (C=O) groups excluding carboxylic acids is 3. The van der Waals surface area contributed by atoms with Crippen molar-refractivity contribution in [2.24, 2.45) is 0 Å². The molecular weight excluding hydrogens is 209 g/mol. The molecule has 0 aromatic heterocycles. The zero-order valence-corrected chi connectivity index (χ0v) is 10.8. The summed E-state index contributed by atoms with van der Waals surface area (Å²) in [6.07, 6.45) is 0.192. The van der Waals surface area contributed by atoms with Crippen LogP contribution >= 0.6 is 0 Å². The van der Waals surface area contributed by atoms with Crippen LogP contribution in [-0.2, 0) is 14.4 Å². The minimum atomic E-state index is -1.40. The molecule has 0 unspecified atom stereocenters. The van der Waals surface area contributed by atoms with Crippen LogP contribution in [0.15, 0.2) is 12.2 Å². The van der Waals surface area contributed by atoms with E-state index in [0.717, 1.165) is 4.90 Å².